The molecule has 0 aliphatic carbocycles. The molecule has 2 aromatic rings. The first kappa shape index (κ1) is 30.2. The van der Waals surface area contributed by atoms with E-state index < -0.39 is 35.5 Å². The average molecular weight is 567 g/mol. The quantitative estimate of drug-likeness (QED) is 0.254. The summed E-state index contributed by atoms with van der Waals surface area (Å²) in [5.74, 6) is -1.56. The van der Waals surface area contributed by atoms with Crippen molar-refractivity contribution in [2.45, 2.75) is 50.4 Å². The van der Waals surface area contributed by atoms with Crippen molar-refractivity contribution in [3.05, 3.63) is 65.7 Å². The second-order valence-corrected chi connectivity index (χ2v) is 10.7. The van der Waals surface area contributed by atoms with Crippen molar-refractivity contribution >= 4 is 23.5 Å². The highest BCUT2D eigenvalue weighted by molar-refractivity contribution is 5.98. The molecule has 2 aromatic carbocycles. The van der Waals surface area contributed by atoms with Gasteiger partial charge < -0.3 is 30.5 Å². The summed E-state index contributed by atoms with van der Waals surface area (Å²) in [6.07, 6.45) is 0.366. The van der Waals surface area contributed by atoms with E-state index in [0.717, 1.165) is 5.56 Å². The number of nitrogens with zero attached hydrogens (tertiary/aromatic N) is 1. The molecule has 2 fully saturated rings. The van der Waals surface area contributed by atoms with E-state index in [1.165, 1.54) is 12.1 Å². The van der Waals surface area contributed by atoms with Crippen molar-refractivity contribution in [3.8, 4) is 5.75 Å². The fourth-order valence-corrected chi connectivity index (χ4v) is 4.64. The third-order valence-corrected chi connectivity index (χ3v) is 7.27. The van der Waals surface area contributed by atoms with Crippen LogP contribution in [0.5, 0.6) is 5.75 Å². The van der Waals surface area contributed by atoms with Gasteiger partial charge in [-0.25, -0.2) is 0 Å². The second-order valence-electron chi connectivity index (χ2n) is 10.7. The fraction of sp³-hybridized carbons (Fsp3) is 0.467. The van der Waals surface area contributed by atoms with Crippen LogP contribution in [0.4, 0.5) is 0 Å². The number of aromatic hydroxyl groups is 1. The number of benzene rings is 2. The lowest BCUT2D eigenvalue weighted by molar-refractivity contribution is -0.134. The van der Waals surface area contributed by atoms with Gasteiger partial charge in [-0.05, 0) is 43.5 Å². The van der Waals surface area contributed by atoms with E-state index in [1.807, 2.05) is 35.2 Å². The highest BCUT2D eigenvalue weighted by Crippen LogP contribution is 2.29. The summed E-state index contributed by atoms with van der Waals surface area (Å²) < 4.78 is 10.7. The van der Waals surface area contributed by atoms with Crippen LogP contribution in [0.15, 0.2) is 54.6 Å². The zero-order chi connectivity index (χ0) is 29.4. The van der Waals surface area contributed by atoms with Crippen LogP contribution in [-0.4, -0.2) is 96.7 Å². The zero-order valence-electron chi connectivity index (χ0n) is 23.4. The number of rotatable bonds is 13. The summed E-state index contributed by atoms with van der Waals surface area (Å²) in [4.78, 5) is 54.5. The molecule has 2 aliphatic heterocycles. The summed E-state index contributed by atoms with van der Waals surface area (Å²) in [5.41, 5.74) is 0.601. The number of hydrogen-bond donors (Lipinski definition) is 4. The molecule has 2 heterocycles. The number of phenolic OH excluding ortho intramolecular Hbond substituents is 1. The number of amides is 3. The topological polar surface area (TPSA) is 150 Å². The average Bonchev–Trinajstić information content (AvgIpc) is 3.72. The molecule has 0 aromatic heterocycles. The molecular formula is C30H38N4O7. The van der Waals surface area contributed by atoms with Gasteiger partial charge >= 0.3 is 0 Å². The number of Topliss-reactive ketones (excluding diaryl/α,β-unsaturated/α-hetero) is 1. The van der Waals surface area contributed by atoms with Gasteiger partial charge in [-0.3, -0.25) is 24.1 Å². The Kier molecular flexibility index (Phi) is 10.1. The molecular weight excluding hydrogens is 528 g/mol. The van der Waals surface area contributed by atoms with E-state index in [4.69, 9.17) is 9.47 Å². The van der Waals surface area contributed by atoms with E-state index in [0.29, 0.717) is 31.9 Å². The Morgan fingerprint density at radius 1 is 0.878 bits per heavy atom. The molecule has 11 nitrogen and oxygen atoms in total. The highest BCUT2D eigenvalue weighted by atomic mass is 16.6. The molecule has 4 rings (SSSR count). The van der Waals surface area contributed by atoms with Crippen molar-refractivity contribution < 1.29 is 33.8 Å². The molecule has 4 N–H and O–H groups in total. The van der Waals surface area contributed by atoms with Gasteiger partial charge in [0.25, 0.3) is 0 Å². The smallest absolute Gasteiger partial charge is 0.243 e. The molecule has 0 saturated carbocycles. The SMILES string of the molecule is C[C@H](NC(=O)CN1CCOCC1)C(=O)N[C@@H](Cc1ccc(O)cc1)C(=O)NC(Cc1ccccc1)C(=O)C1(C)CO1. The van der Waals surface area contributed by atoms with Crippen LogP contribution in [-0.2, 0) is 41.5 Å². The molecule has 2 aliphatic rings. The molecule has 0 spiro atoms. The predicted molar refractivity (Wildman–Crippen MR) is 150 cm³/mol. The summed E-state index contributed by atoms with van der Waals surface area (Å²) >= 11 is 0. The van der Waals surface area contributed by atoms with Gasteiger partial charge in [0.2, 0.25) is 17.7 Å². The highest BCUT2D eigenvalue weighted by Gasteiger charge is 2.50. The Hall–Kier alpha value is -3.80. The van der Waals surface area contributed by atoms with E-state index in [2.05, 4.69) is 16.0 Å². The van der Waals surface area contributed by atoms with Crippen molar-refractivity contribution in [1.29, 1.82) is 0 Å². The minimum Gasteiger partial charge on any atom is -0.508 e. The molecule has 11 heteroatoms. The normalized spacial score (nSPS) is 20.7. The number of ether oxygens (including phenoxy) is 2. The minimum absolute atomic E-state index is 0.0709. The lowest BCUT2D eigenvalue weighted by Crippen LogP contribution is -2.57. The Morgan fingerprint density at radius 2 is 1.46 bits per heavy atom. The number of epoxide rings is 1. The van der Waals surface area contributed by atoms with Crippen molar-refractivity contribution in [2.24, 2.45) is 0 Å². The van der Waals surface area contributed by atoms with Crippen LogP contribution in [0, 0.1) is 0 Å². The summed E-state index contributed by atoms with van der Waals surface area (Å²) in [6, 6.07) is 12.8. The zero-order valence-corrected chi connectivity index (χ0v) is 23.4. The van der Waals surface area contributed by atoms with Crippen LogP contribution in [0.25, 0.3) is 0 Å². The maximum absolute atomic E-state index is 13.6. The van der Waals surface area contributed by atoms with E-state index in [-0.39, 0.29) is 43.4 Å². The van der Waals surface area contributed by atoms with Crippen LogP contribution < -0.4 is 16.0 Å². The van der Waals surface area contributed by atoms with Crippen molar-refractivity contribution in [3.63, 3.8) is 0 Å². The number of nitrogens with one attached hydrogen (secondary N) is 3. The van der Waals surface area contributed by atoms with Crippen molar-refractivity contribution in [1.82, 2.24) is 20.9 Å². The Morgan fingerprint density at radius 3 is 2.10 bits per heavy atom. The number of hydrogen-bond acceptors (Lipinski definition) is 8. The summed E-state index contributed by atoms with van der Waals surface area (Å²) in [5, 5.41) is 18.0. The van der Waals surface area contributed by atoms with Crippen LogP contribution in [0.3, 0.4) is 0 Å². The number of carbonyl (C=O) groups excluding carboxylic acids is 4. The summed E-state index contributed by atoms with van der Waals surface area (Å²) in [7, 11) is 0. The van der Waals surface area contributed by atoms with Gasteiger partial charge in [0.15, 0.2) is 5.78 Å². The van der Waals surface area contributed by atoms with Gasteiger partial charge in [-0.2, -0.15) is 0 Å². The monoisotopic (exact) mass is 566 g/mol. The van der Waals surface area contributed by atoms with E-state index in [1.54, 1.807) is 26.0 Å². The third kappa shape index (κ3) is 8.84. The van der Waals surface area contributed by atoms with Crippen LogP contribution >= 0.6 is 0 Å². The molecule has 4 atom stereocenters. The standard InChI is InChI=1S/C30H38N4O7/c1-20(31-26(36)18-34-12-14-40-15-13-34)28(38)33-25(17-22-8-10-23(35)11-9-22)29(39)32-24(27(37)30(2)19-41-30)16-21-6-4-3-5-7-21/h3-11,20,24-25,35H,12-19H2,1-2H3,(H,31,36)(H,32,39)(H,33,38)/t20-,24?,25-,30?/m0/s1. The maximum Gasteiger partial charge on any atom is 0.243 e. The van der Waals surface area contributed by atoms with Gasteiger partial charge in [0, 0.05) is 19.5 Å². The molecule has 0 radical (unpaired) electrons. The number of ketones is 1. The van der Waals surface area contributed by atoms with Crippen LogP contribution in [0.1, 0.15) is 25.0 Å². The molecule has 2 unspecified atom stereocenters. The minimum atomic E-state index is -1.05. The Balaban J connectivity index is 1.45. The predicted octanol–water partition coefficient (Wildman–Crippen LogP) is 0.342. The van der Waals surface area contributed by atoms with Gasteiger partial charge in [-0.1, -0.05) is 42.5 Å². The number of carbonyl (C=O) groups is 4. The lowest BCUT2D eigenvalue weighted by Gasteiger charge is -2.27. The third-order valence-electron chi connectivity index (χ3n) is 7.27. The first-order chi connectivity index (χ1) is 19.6. The van der Waals surface area contributed by atoms with Gasteiger partial charge in [-0.15, -0.1) is 0 Å². The molecule has 41 heavy (non-hydrogen) atoms. The second kappa shape index (κ2) is 13.7. The molecule has 0 bridgehead atoms. The molecule has 2 saturated heterocycles. The molecule has 220 valence electrons. The lowest BCUT2D eigenvalue weighted by atomic mass is 9.94. The summed E-state index contributed by atoms with van der Waals surface area (Å²) in [6.45, 7) is 6.04. The largest absolute Gasteiger partial charge is 0.508 e. The first-order valence-electron chi connectivity index (χ1n) is 13.8. The maximum atomic E-state index is 13.6. The van der Waals surface area contributed by atoms with E-state index >= 15 is 0 Å². The van der Waals surface area contributed by atoms with Gasteiger partial charge in [0.1, 0.15) is 23.4 Å². The first-order valence-corrected chi connectivity index (χ1v) is 13.8. The van der Waals surface area contributed by atoms with Gasteiger partial charge in [0.05, 0.1) is 32.4 Å². The Bertz CT molecular complexity index is 1210. The molecule has 3 amide bonds. The fourth-order valence-electron chi connectivity index (χ4n) is 4.64. The Labute approximate surface area is 239 Å². The van der Waals surface area contributed by atoms with E-state index in [9.17, 15) is 24.3 Å². The number of phenols is 1. The van der Waals surface area contributed by atoms with Crippen LogP contribution in [0.2, 0.25) is 0 Å². The van der Waals surface area contributed by atoms with Crippen molar-refractivity contribution in [2.75, 3.05) is 39.5 Å². The number of morpholine rings is 1.